The van der Waals surface area contributed by atoms with Crippen LogP contribution in [0, 0.1) is 0 Å². The second-order valence-corrected chi connectivity index (χ2v) is 7.53. The molecule has 0 N–H and O–H groups in total. The molecule has 2 aromatic rings. The summed E-state index contributed by atoms with van der Waals surface area (Å²) in [6.07, 6.45) is 1.57. The first-order valence-electron chi connectivity index (χ1n) is 7.75. The molecule has 0 amide bonds. The lowest BCUT2D eigenvalue weighted by Gasteiger charge is -2.28. The second kappa shape index (κ2) is 6.83. The first kappa shape index (κ1) is 16.2. The summed E-state index contributed by atoms with van der Waals surface area (Å²) < 4.78 is 27.9. The predicted molar refractivity (Wildman–Crippen MR) is 90.6 cm³/mol. The van der Waals surface area contributed by atoms with Crippen LogP contribution in [0.3, 0.4) is 0 Å². The van der Waals surface area contributed by atoms with E-state index in [9.17, 15) is 8.42 Å². The number of nitrogens with zero attached hydrogens (tertiary/aromatic N) is 1. The molecule has 1 saturated heterocycles. The number of hydrogen-bond donors (Lipinski definition) is 0. The van der Waals surface area contributed by atoms with Crippen molar-refractivity contribution in [3.8, 4) is 0 Å². The Kier molecular flexibility index (Phi) is 4.80. The molecular formula is C18H21NO3S. The molecule has 3 rings (SSSR count). The fourth-order valence-corrected chi connectivity index (χ4v) is 3.85. The lowest BCUT2D eigenvalue weighted by Crippen LogP contribution is -2.29. The van der Waals surface area contributed by atoms with E-state index in [0.717, 1.165) is 19.2 Å². The Bertz CT molecular complexity index is 692. The maximum absolute atomic E-state index is 11.4. The second-order valence-electron chi connectivity index (χ2n) is 5.93. The van der Waals surface area contributed by atoms with Gasteiger partial charge >= 0.3 is 0 Å². The Balaban J connectivity index is 1.86. The summed E-state index contributed by atoms with van der Waals surface area (Å²) >= 11 is 0. The molecule has 1 heterocycles. The van der Waals surface area contributed by atoms with Crippen molar-refractivity contribution in [2.45, 2.75) is 18.6 Å². The molecule has 122 valence electrons. The van der Waals surface area contributed by atoms with Crippen LogP contribution in [0.5, 0.6) is 0 Å². The van der Waals surface area contributed by atoms with Gasteiger partial charge in [-0.1, -0.05) is 60.7 Å². The van der Waals surface area contributed by atoms with Crippen molar-refractivity contribution in [3.05, 3.63) is 71.8 Å². The van der Waals surface area contributed by atoms with Gasteiger partial charge in [-0.3, -0.25) is 9.08 Å². The number of benzene rings is 2. The monoisotopic (exact) mass is 331 g/mol. The van der Waals surface area contributed by atoms with E-state index >= 15 is 0 Å². The predicted octanol–water partition coefficient (Wildman–Crippen LogP) is 2.83. The van der Waals surface area contributed by atoms with Crippen LogP contribution in [0.25, 0.3) is 0 Å². The van der Waals surface area contributed by atoms with E-state index in [4.69, 9.17) is 4.18 Å². The molecule has 0 spiro atoms. The van der Waals surface area contributed by atoms with E-state index in [1.807, 2.05) is 36.4 Å². The highest BCUT2D eigenvalue weighted by Gasteiger charge is 2.32. The van der Waals surface area contributed by atoms with Crippen LogP contribution in [0.1, 0.15) is 23.6 Å². The van der Waals surface area contributed by atoms with Gasteiger partial charge in [0, 0.05) is 13.1 Å². The Hall–Kier alpha value is -1.69. The minimum absolute atomic E-state index is 0.116. The van der Waals surface area contributed by atoms with Crippen molar-refractivity contribution >= 4 is 10.1 Å². The first-order valence-corrected chi connectivity index (χ1v) is 9.57. The molecule has 2 aromatic carbocycles. The molecule has 0 unspecified atom stereocenters. The van der Waals surface area contributed by atoms with E-state index < -0.39 is 10.1 Å². The Morgan fingerprint density at radius 1 is 1.00 bits per heavy atom. The summed E-state index contributed by atoms with van der Waals surface area (Å²) in [4.78, 5) is 2.29. The lowest BCUT2D eigenvalue weighted by atomic mass is 9.97. The Labute approximate surface area is 137 Å². The van der Waals surface area contributed by atoms with Crippen molar-refractivity contribution in [1.29, 1.82) is 0 Å². The van der Waals surface area contributed by atoms with Gasteiger partial charge in [0.25, 0.3) is 10.1 Å². The topological polar surface area (TPSA) is 46.6 Å². The Morgan fingerprint density at radius 2 is 1.52 bits per heavy atom. The molecule has 0 aromatic heterocycles. The molecule has 1 atom stereocenters. The zero-order chi connectivity index (χ0) is 16.3. The first-order chi connectivity index (χ1) is 11.0. The van der Waals surface area contributed by atoms with Crippen molar-refractivity contribution in [3.63, 3.8) is 0 Å². The standard InChI is InChI=1S/C18H21NO3S/c1-23(20,21)22-17-12-13-19(14-17)18(15-8-4-2-5-9-15)16-10-6-3-7-11-16/h2-11,17-18H,12-14H2,1H3/t17-/m0/s1. The molecule has 0 radical (unpaired) electrons. The maximum Gasteiger partial charge on any atom is 0.264 e. The molecule has 23 heavy (non-hydrogen) atoms. The molecule has 4 nitrogen and oxygen atoms in total. The van der Waals surface area contributed by atoms with Gasteiger partial charge in [-0.05, 0) is 17.5 Å². The number of likely N-dealkylation sites (tertiary alicyclic amines) is 1. The van der Waals surface area contributed by atoms with E-state index in [1.54, 1.807) is 0 Å². The summed E-state index contributed by atoms with van der Waals surface area (Å²) in [6.45, 7) is 1.43. The van der Waals surface area contributed by atoms with Gasteiger partial charge in [0.1, 0.15) is 0 Å². The van der Waals surface area contributed by atoms with Gasteiger partial charge in [0.2, 0.25) is 0 Å². The fraction of sp³-hybridized carbons (Fsp3) is 0.333. The van der Waals surface area contributed by atoms with Gasteiger partial charge < -0.3 is 0 Å². The Morgan fingerprint density at radius 3 is 2.00 bits per heavy atom. The SMILES string of the molecule is CS(=O)(=O)O[C@H]1CCN(C(c2ccccc2)c2ccccc2)C1. The van der Waals surface area contributed by atoms with Gasteiger partial charge in [-0.25, -0.2) is 0 Å². The average Bonchev–Trinajstić information content (AvgIpc) is 2.96. The van der Waals surface area contributed by atoms with Gasteiger partial charge in [-0.15, -0.1) is 0 Å². The largest absolute Gasteiger partial charge is 0.290 e. The van der Waals surface area contributed by atoms with Crippen molar-refractivity contribution < 1.29 is 12.6 Å². The summed E-state index contributed by atoms with van der Waals surface area (Å²) in [5, 5.41) is 0. The maximum atomic E-state index is 11.4. The summed E-state index contributed by atoms with van der Waals surface area (Å²) in [6, 6.07) is 20.7. The highest BCUT2D eigenvalue weighted by molar-refractivity contribution is 7.86. The average molecular weight is 331 g/mol. The fourth-order valence-electron chi connectivity index (χ4n) is 3.20. The van der Waals surface area contributed by atoms with Crippen molar-refractivity contribution in [2.24, 2.45) is 0 Å². The summed E-state index contributed by atoms with van der Waals surface area (Å²) in [5.41, 5.74) is 2.41. The third-order valence-electron chi connectivity index (χ3n) is 4.08. The highest BCUT2D eigenvalue weighted by Crippen LogP contribution is 2.32. The van der Waals surface area contributed by atoms with Crippen molar-refractivity contribution in [1.82, 2.24) is 4.90 Å². The minimum Gasteiger partial charge on any atom is -0.290 e. The van der Waals surface area contributed by atoms with Crippen LogP contribution in [-0.2, 0) is 14.3 Å². The van der Waals surface area contributed by atoms with Crippen LogP contribution >= 0.6 is 0 Å². The molecule has 0 bridgehead atoms. The summed E-state index contributed by atoms with van der Waals surface area (Å²) in [5.74, 6) is 0. The van der Waals surface area contributed by atoms with E-state index in [-0.39, 0.29) is 12.1 Å². The molecule has 1 aliphatic rings. The number of rotatable bonds is 5. The number of hydrogen-bond acceptors (Lipinski definition) is 4. The minimum atomic E-state index is -3.41. The molecule has 1 fully saturated rings. The highest BCUT2D eigenvalue weighted by atomic mass is 32.2. The van der Waals surface area contributed by atoms with E-state index in [1.165, 1.54) is 11.1 Å². The van der Waals surface area contributed by atoms with E-state index in [0.29, 0.717) is 6.54 Å². The summed E-state index contributed by atoms with van der Waals surface area (Å²) in [7, 11) is -3.41. The quantitative estimate of drug-likeness (QED) is 0.791. The lowest BCUT2D eigenvalue weighted by molar-refractivity contribution is 0.195. The van der Waals surface area contributed by atoms with Crippen LogP contribution in [0.15, 0.2) is 60.7 Å². The zero-order valence-corrected chi connectivity index (χ0v) is 13.9. The molecular weight excluding hydrogens is 310 g/mol. The third-order valence-corrected chi connectivity index (χ3v) is 4.70. The van der Waals surface area contributed by atoms with E-state index in [2.05, 4.69) is 29.2 Å². The van der Waals surface area contributed by atoms with Crippen LogP contribution in [-0.4, -0.2) is 38.8 Å². The van der Waals surface area contributed by atoms with Crippen molar-refractivity contribution in [2.75, 3.05) is 19.3 Å². The van der Waals surface area contributed by atoms with Gasteiger partial charge in [-0.2, -0.15) is 8.42 Å². The van der Waals surface area contributed by atoms with Crippen LogP contribution in [0.2, 0.25) is 0 Å². The van der Waals surface area contributed by atoms with Gasteiger partial charge in [0.05, 0.1) is 18.4 Å². The third kappa shape index (κ3) is 4.19. The van der Waals surface area contributed by atoms with Crippen LogP contribution < -0.4 is 0 Å². The molecule has 0 saturated carbocycles. The zero-order valence-electron chi connectivity index (χ0n) is 13.1. The molecule has 0 aliphatic carbocycles. The smallest absolute Gasteiger partial charge is 0.264 e. The molecule has 1 aliphatic heterocycles. The van der Waals surface area contributed by atoms with Gasteiger partial charge in [0.15, 0.2) is 0 Å². The molecule has 5 heteroatoms. The van der Waals surface area contributed by atoms with Crippen LogP contribution in [0.4, 0.5) is 0 Å². The normalized spacial score (nSPS) is 19.3.